The van der Waals surface area contributed by atoms with Crippen molar-refractivity contribution in [2.75, 3.05) is 31.1 Å². The molecule has 5 rings (SSSR count). The molecule has 182 valence electrons. The number of fused-ring (bicyclic) bond motifs is 1. The summed E-state index contributed by atoms with van der Waals surface area (Å²) in [5.41, 5.74) is 1.13. The van der Waals surface area contributed by atoms with Gasteiger partial charge in [-0.25, -0.2) is 0 Å². The summed E-state index contributed by atoms with van der Waals surface area (Å²) < 4.78 is 6.61. The SMILES string of the molecule is N.N#Cc1c(N2CCN(C(=O)c3ccco3)CC2)c2ccccc2n(CC(=O)c2ccccc2)c1=O. The molecule has 0 atom stereocenters. The first-order chi connectivity index (χ1) is 17.1. The van der Waals surface area contributed by atoms with E-state index in [4.69, 9.17) is 4.42 Å². The molecule has 2 aromatic carbocycles. The Balaban J connectivity index is 0.00000304. The van der Waals surface area contributed by atoms with Crippen LogP contribution in [0.15, 0.2) is 82.2 Å². The molecule has 4 aromatic rings. The third-order valence-electron chi connectivity index (χ3n) is 6.27. The minimum Gasteiger partial charge on any atom is -0.459 e. The van der Waals surface area contributed by atoms with E-state index in [1.54, 1.807) is 53.4 Å². The van der Waals surface area contributed by atoms with Gasteiger partial charge in [-0.15, -0.1) is 0 Å². The Morgan fingerprint density at radius 2 is 1.61 bits per heavy atom. The van der Waals surface area contributed by atoms with Crippen molar-refractivity contribution in [1.82, 2.24) is 15.6 Å². The number of carbonyl (C=O) groups is 2. The van der Waals surface area contributed by atoms with Crippen molar-refractivity contribution in [2.24, 2.45) is 0 Å². The Bertz CT molecular complexity index is 1500. The van der Waals surface area contributed by atoms with Crippen molar-refractivity contribution in [1.29, 1.82) is 5.26 Å². The van der Waals surface area contributed by atoms with E-state index in [1.165, 1.54) is 10.8 Å². The maximum atomic E-state index is 13.5. The number of carbonyl (C=O) groups excluding carboxylic acids is 2. The van der Waals surface area contributed by atoms with Gasteiger partial charge in [0.25, 0.3) is 11.5 Å². The summed E-state index contributed by atoms with van der Waals surface area (Å²) in [4.78, 5) is 42.7. The van der Waals surface area contributed by atoms with Gasteiger partial charge in [0.1, 0.15) is 11.6 Å². The summed E-state index contributed by atoms with van der Waals surface area (Å²) in [5.74, 6) is -0.110. The molecule has 1 amide bonds. The van der Waals surface area contributed by atoms with Gasteiger partial charge < -0.3 is 20.4 Å². The second-order valence-corrected chi connectivity index (χ2v) is 8.29. The molecule has 0 bridgehead atoms. The van der Waals surface area contributed by atoms with E-state index in [1.807, 2.05) is 23.1 Å². The third kappa shape index (κ3) is 4.37. The fraction of sp³-hybridized carbons (Fsp3) is 0.185. The fourth-order valence-electron chi connectivity index (χ4n) is 4.52. The largest absolute Gasteiger partial charge is 0.459 e. The van der Waals surface area contributed by atoms with Gasteiger partial charge in [0.05, 0.1) is 24.0 Å². The van der Waals surface area contributed by atoms with Gasteiger partial charge in [-0.2, -0.15) is 5.26 Å². The van der Waals surface area contributed by atoms with Crippen molar-refractivity contribution in [3.8, 4) is 6.07 Å². The zero-order chi connectivity index (χ0) is 24.4. The van der Waals surface area contributed by atoms with E-state index in [0.29, 0.717) is 42.9 Å². The van der Waals surface area contributed by atoms with E-state index in [2.05, 4.69) is 6.07 Å². The van der Waals surface area contributed by atoms with Gasteiger partial charge in [-0.3, -0.25) is 19.0 Å². The van der Waals surface area contributed by atoms with Gasteiger partial charge in [0.2, 0.25) is 0 Å². The Labute approximate surface area is 207 Å². The predicted octanol–water partition coefficient (Wildman–Crippen LogP) is 3.47. The van der Waals surface area contributed by atoms with Crippen molar-refractivity contribution in [2.45, 2.75) is 6.54 Å². The molecular formula is C27H25N5O4. The number of aromatic nitrogens is 1. The summed E-state index contributed by atoms with van der Waals surface area (Å²) in [6.45, 7) is 1.60. The first-order valence-electron chi connectivity index (χ1n) is 11.3. The van der Waals surface area contributed by atoms with E-state index in [0.717, 1.165) is 5.39 Å². The van der Waals surface area contributed by atoms with Gasteiger partial charge in [-0.05, 0) is 18.2 Å². The first kappa shape index (κ1) is 24.4. The second-order valence-electron chi connectivity index (χ2n) is 8.29. The van der Waals surface area contributed by atoms with Crippen LogP contribution in [0.5, 0.6) is 0 Å². The number of rotatable bonds is 5. The lowest BCUT2D eigenvalue weighted by molar-refractivity contribution is 0.0714. The van der Waals surface area contributed by atoms with E-state index >= 15 is 0 Å². The second kappa shape index (κ2) is 10.3. The molecule has 36 heavy (non-hydrogen) atoms. The minimum atomic E-state index is -0.500. The van der Waals surface area contributed by atoms with Crippen LogP contribution < -0.4 is 16.6 Å². The average Bonchev–Trinajstić information content (AvgIpc) is 3.45. The maximum Gasteiger partial charge on any atom is 0.289 e. The summed E-state index contributed by atoms with van der Waals surface area (Å²) >= 11 is 0. The molecular weight excluding hydrogens is 458 g/mol. The molecule has 0 radical (unpaired) electrons. The molecule has 3 N–H and O–H groups in total. The Morgan fingerprint density at radius 1 is 0.917 bits per heavy atom. The number of furan rings is 1. The average molecular weight is 484 g/mol. The number of nitrogens with zero attached hydrogens (tertiary/aromatic N) is 4. The number of ketones is 1. The normalized spacial score (nSPS) is 13.2. The predicted molar refractivity (Wildman–Crippen MR) is 136 cm³/mol. The van der Waals surface area contributed by atoms with E-state index in [9.17, 15) is 19.6 Å². The molecule has 0 aliphatic carbocycles. The molecule has 1 fully saturated rings. The van der Waals surface area contributed by atoms with Crippen LogP contribution in [0.1, 0.15) is 26.5 Å². The summed E-state index contributed by atoms with van der Waals surface area (Å²) in [5, 5.41) is 10.7. The highest BCUT2D eigenvalue weighted by atomic mass is 16.3. The van der Waals surface area contributed by atoms with Gasteiger partial charge in [0, 0.05) is 37.1 Å². The number of hydrogen-bond acceptors (Lipinski definition) is 7. The molecule has 0 saturated carbocycles. The van der Waals surface area contributed by atoms with Crippen LogP contribution in [-0.2, 0) is 6.54 Å². The number of hydrogen-bond donors (Lipinski definition) is 1. The highest BCUT2D eigenvalue weighted by Gasteiger charge is 2.28. The van der Waals surface area contributed by atoms with Crippen LogP contribution in [0.4, 0.5) is 5.69 Å². The summed E-state index contributed by atoms with van der Waals surface area (Å²) in [6.07, 6.45) is 1.46. The monoisotopic (exact) mass is 483 g/mol. The Morgan fingerprint density at radius 3 is 2.28 bits per heavy atom. The van der Waals surface area contributed by atoms with Crippen molar-refractivity contribution in [3.05, 3.63) is 100 Å². The topological polar surface area (TPSA) is 135 Å². The zero-order valence-electron chi connectivity index (χ0n) is 19.6. The number of piperazine rings is 1. The van der Waals surface area contributed by atoms with Gasteiger partial charge in [-0.1, -0.05) is 48.5 Å². The van der Waals surface area contributed by atoms with Crippen molar-refractivity contribution in [3.63, 3.8) is 0 Å². The molecule has 9 nitrogen and oxygen atoms in total. The van der Waals surface area contributed by atoms with Crippen LogP contribution in [0.25, 0.3) is 10.9 Å². The van der Waals surface area contributed by atoms with E-state index < -0.39 is 5.56 Å². The quantitative estimate of drug-likeness (QED) is 0.429. The highest BCUT2D eigenvalue weighted by molar-refractivity contribution is 5.99. The minimum absolute atomic E-state index is 0. The standard InChI is InChI=1S/C27H22N4O4.H3N/c28-17-21-25(29-12-14-30(15-13-29)27(34)24-11-6-16-35-24)20-9-4-5-10-22(20)31(26(21)33)18-23(32)19-7-2-1-3-8-19;/h1-11,16H,12-15,18H2;1H3. The van der Waals surface area contributed by atoms with Crippen LogP contribution >= 0.6 is 0 Å². The molecule has 1 saturated heterocycles. The number of anilines is 1. The zero-order valence-corrected chi connectivity index (χ0v) is 19.6. The van der Waals surface area contributed by atoms with Crippen LogP contribution in [0, 0.1) is 11.3 Å². The lowest BCUT2D eigenvalue weighted by Crippen LogP contribution is -2.49. The molecule has 9 heteroatoms. The van der Waals surface area contributed by atoms with Crippen LogP contribution in [0.2, 0.25) is 0 Å². The molecule has 1 aliphatic rings. The smallest absolute Gasteiger partial charge is 0.289 e. The van der Waals surface area contributed by atoms with Gasteiger partial charge >= 0.3 is 0 Å². The first-order valence-corrected chi connectivity index (χ1v) is 11.3. The molecule has 0 unspecified atom stereocenters. The Kier molecular flexibility index (Phi) is 6.99. The summed E-state index contributed by atoms with van der Waals surface area (Å²) in [7, 11) is 0. The number of benzene rings is 2. The number of para-hydroxylation sites is 1. The molecule has 2 aromatic heterocycles. The molecule has 3 heterocycles. The lowest BCUT2D eigenvalue weighted by Gasteiger charge is -2.36. The number of nitriles is 1. The van der Waals surface area contributed by atoms with Gasteiger partial charge in [0.15, 0.2) is 11.5 Å². The highest BCUT2D eigenvalue weighted by Crippen LogP contribution is 2.30. The van der Waals surface area contributed by atoms with Crippen LogP contribution in [0.3, 0.4) is 0 Å². The Hall–Kier alpha value is -4.68. The third-order valence-corrected chi connectivity index (χ3v) is 6.27. The summed E-state index contributed by atoms with van der Waals surface area (Å²) in [6, 6.07) is 21.5. The lowest BCUT2D eigenvalue weighted by atomic mass is 10.1. The van der Waals surface area contributed by atoms with Crippen molar-refractivity contribution < 1.29 is 14.0 Å². The van der Waals surface area contributed by atoms with E-state index in [-0.39, 0.29) is 35.7 Å². The molecule has 1 aliphatic heterocycles. The van der Waals surface area contributed by atoms with Crippen molar-refractivity contribution >= 4 is 28.3 Å². The number of amides is 1. The molecule has 0 spiro atoms. The maximum absolute atomic E-state index is 13.5. The van der Waals surface area contributed by atoms with Crippen LogP contribution in [-0.4, -0.2) is 47.3 Å². The fourth-order valence-corrected chi connectivity index (χ4v) is 4.52. The number of pyridine rings is 1. The number of Topliss-reactive ketones (excluding diaryl/α,β-unsaturated/α-hetero) is 1.